The maximum Gasteiger partial charge on any atom is 0.305 e. The number of hydrogen-bond donors (Lipinski definition) is 2. The summed E-state index contributed by atoms with van der Waals surface area (Å²) in [6.45, 7) is 0. The maximum atomic E-state index is 10.4. The minimum Gasteiger partial charge on any atom is -0.481 e. The highest BCUT2D eigenvalue weighted by Crippen LogP contribution is 2.16. The molecule has 0 amide bonds. The summed E-state index contributed by atoms with van der Waals surface area (Å²) in [5, 5.41) is 8.93. The molecule has 0 spiro atoms. The van der Waals surface area contributed by atoms with Crippen molar-refractivity contribution in [2.45, 2.75) is 12.5 Å². The number of carboxylic acid groups (broad SMARTS) is 1. The number of nitrogens with two attached hydrogens (primary N) is 1. The zero-order valence-electron chi connectivity index (χ0n) is 7.07. The van der Waals surface area contributed by atoms with Gasteiger partial charge in [-0.1, -0.05) is 11.6 Å². The third kappa shape index (κ3) is 2.19. The summed E-state index contributed by atoms with van der Waals surface area (Å²) in [5.74, 6) is -0.473. The van der Waals surface area contributed by atoms with Crippen LogP contribution in [0.25, 0.3) is 0 Å². The molecule has 5 nitrogen and oxygen atoms in total. The van der Waals surface area contributed by atoms with Crippen molar-refractivity contribution in [3.8, 4) is 0 Å². The van der Waals surface area contributed by atoms with Crippen LogP contribution in [-0.4, -0.2) is 20.6 Å². The third-order valence-electron chi connectivity index (χ3n) is 1.69. The van der Waals surface area contributed by atoms with Crippen molar-refractivity contribution >= 4 is 17.6 Å². The van der Waals surface area contributed by atoms with E-state index < -0.39 is 12.0 Å². The van der Waals surface area contributed by atoms with Crippen LogP contribution in [-0.2, 0) is 11.8 Å². The van der Waals surface area contributed by atoms with Gasteiger partial charge in [0.25, 0.3) is 0 Å². The topological polar surface area (TPSA) is 81.1 Å². The summed E-state index contributed by atoms with van der Waals surface area (Å²) >= 11 is 5.71. The van der Waals surface area contributed by atoms with Gasteiger partial charge in [-0.2, -0.15) is 0 Å². The molecule has 0 radical (unpaired) electrons. The van der Waals surface area contributed by atoms with Gasteiger partial charge in [0.1, 0.15) is 11.0 Å². The summed E-state index contributed by atoms with van der Waals surface area (Å²) < 4.78 is 1.56. The van der Waals surface area contributed by atoms with E-state index in [0.717, 1.165) is 0 Å². The monoisotopic (exact) mass is 203 g/mol. The Labute approximate surface area is 80.1 Å². The first-order valence-corrected chi connectivity index (χ1v) is 4.04. The molecule has 1 aromatic rings. The summed E-state index contributed by atoms with van der Waals surface area (Å²) in [5.41, 5.74) is 5.59. The standard InChI is InChI=1S/C7H10ClN3O2/c1-11-5(8)3-10-7(11)4(9)2-6(12)13/h3-4H,2,9H2,1H3,(H,12,13)/t4-/m1/s1. The van der Waals surface area contributed by atoms with Crippen molar-refractivity contribution in [2.75, 3.05) is 0 Å². The molecule has 0 aliphatic carbocycles. The second-order valence-corrected chi connectivity index (χ2v) is 3.09. The molecule has 0 aliphatic rings. The highest BCUT2D eigenvalue weighted by molar-refractivity contribution is 6.29. The number of imidazole rings is 1. The molecular weight excluding hydrogens is 194 g/mol. The molecule has 0 saturated heterocycles. The molecule has 1 heterocycles. The third-order valence-corrected chi connectivity index (χ3v) is 2.04. The van der Waals surface area contributed by atoms with E-state index in [1.54, 1.807) is 11.6 Å². The highest BCUT2D eigenvalue weighted by atomic mass is 35.5. The molecule has 0 bridgehead atoms. The van der Waals surface area contributed by atoms with Gasteiger partial charge in [0.2, 0.25) is 0 Å². The lowest BCUT2D eigenvalue weighted by atomic mass is 10.2. The Balaban J connectivity index is 2.82. The Morgan fingerprint density at radius 2 is 2.54 bits per heavy atom. The quantitative estimate of drug-likeness (QED) is 0.752. The summed E-state index contributed by atoms with van der Waals surface area (Å²) in [6, 6.07) is -0.616. The molecule has 6 heteroatoms. The fraction of sp³-hybridized carbons (Fsp3) is 0.429. The average Bonchev–Trinajstić information content (AvgIpc) is 2.31. The second-order valence-electron chi connectivity index (χ2n) is 2.70. The lowest BCUT2D eigenvalue weighted by Gasteiger charge is -2.08. The van der Waals surface area contributed by atoms with Crippen LogP contribution >= 0.6 is 11.6 Å². The number of aromatic nitrogens is 2. The van der Waals surface area contributed by atoms with Crippen molar-refractivity contribution < 1.29 is 9.90 Å². The molecule has 3 N–H and O–H groups in total. The van der Waals surface area contributed by atoms with Crippen molar-refractivity contribution in [1.29, 1.82) is 0 Å². The van der Waals surface area contributed by atoms with Crippen molar-refractivity contribution in [2.24, 2.45) is 12.8 Å². The molecule has 0 unspecified atom stereocenters. The Hall–Kier alpha value is -1.07. The first-order valence-electron chi connectivity index (χ1n) is 3.67. The lowest BCUT2D eigenvalue weighted by Crippen LogP contribution is -2.18. The van der Waals surface area contributed by atoms with Crippen molar-refractivity contribution in [3.63, 3.8) is 0 Å². The fourth-order valence-electron chi connectivity index (χ4n) is 1.03. The summed E-state index contributed by atoms with van der Waals surface area (Å²) in [7, 11) is 1.69. The SMILES string of the molecule is Cn1c(Cl)cnc1[C@H](N)CC(=O)O. The van der Waals surface area contributed by atoms with Crippen molar-refractivity contribution in [1.82, 2.24) is 9.55 Å². The first kappa shape index (κ1) is 10.0. The highest BCUT2D eigenvalue weighted by Gasteiger charge is 2.16. The molecule has 0 aromatic carbocycles. The van der Waals surface area contributed by atoms with E-state index in [4.69, 9.17) is 22.4 Å². The Morgan fingerprint density at radius 1 is 1.92 bits per heavy atom. The van der Waals surface area contributed by atoms with E-state index in [1.807, 2.05) is 0 Å². The van der Waals surface area contributed by atoms with Crippen LogP contribution in [0.2, 0.25) is 5.15 Å². The summed E-state index contributed by atoms with van der Waals surface area (Å²) in [6.07, 6.45) is 1.29. The molecular formula is C7H10ClN3O2. The number of aliphatic carboxylic acids is 1. The number of halogens is 1. The van der Waals surface area contributed by atoms with Crippen LogP contribution in [0, 0.1) is 0 Å². The van der Waals surface area contributed by atoms with Gasteiger partial charge in [-0.15, -0.1) is 0 Å². The average molecular weight is 204 g/mol. The molecule has 1 atom stereocenters. The van der Waals surface area contributed by atoms with E-state index in [0.29, 0.717) is 11.0 Å². The first-order chi connectivity index (χ1) is 6.02. The van der Waals surface area contributed by atoms with Gasteiger partial charge in [0.05, 0.1) is 18.7 Å². The van der Waals surface area contributed by atoms with E-state index in [1.165, 1.54) is 6.20 Å². The van der Waals surface area contributed by atoms with Gasteiger partial charge in [-0.25, -0.2) is 4.98 Å². The van der Waals surface area contributed by atoms with Gasteiger partial charge >= 0.3 is 5.97 Å². The minimum absolute atomic E-state index is 0.152. The molecule has 72 valence electrons. The number of nitrogens with zero attached hydrogens (tertiary/aromatic N) is 2. The number of rotatable bonds is 3. The normalized spacial score (nSPS) is 12.8. The number of carbonyl (C=O) groups is 1. The van der Waals surface area contributed by atoms with Crippen molar-refractivity contribution in [3.05, 3.63) is 17.2 Å². The van der Waals surface area contributed by atoms with Gasteiger partial charge in [-0.3, -0.25) is 4.79 Å². The van der Waals surface area contributed by atoms with Crippen LogP contribution < -0.4 is 5.73 Å². The van der Waals surface area contributed by atoms with Gasteiger partial charge in [-0.05, 0) is 0 Å². The van der Waals surface area contributed by atoms with Crippen LogP contribution in [0.4, 0.5) is 0 Å². The molecule has 1 aromatic heterocycles. The Morgan fingerprint density at radius 3 is 2.92 bits per heavy atom. The fourth-order valence-corrected chi connectivity index (χ4v) is 1.16. The minimum atomic E-state index is -0.952. The smallest absolute Gasteiger partial charge is 0.305 e. The van der Waals surface area contributed by atoms with Crippen LogP contribution in [0.3, 0.4) is 0 Å². The molecule has 0 aliphatic heterocycles. The number of carboxylic acids is 1. The van der Waals surface area contributed by atoms with E-state index in [9.17, 15) is 4.79 Å². The zero-order valence-corrected chi connectivity index (χ0v) is 7.82. The molecule has 1 rings (SSSR count). The van der Waals surface area contributed by atoms with Gasteiger partial charge in [0.15, 0.2) is 0 Å². The largest absolute Gasteiger partial charge is 0.481 e. The summed E-state index contributed by atoms with van der Waals surface area (Å²) in [4.78, 5) is 14.3. The maximum absolute atomic E-state index is 10.4. The Kier molecular flexibility index (Phi) is 2.90. The van der Waals surface area contributed by atoms with E-state index in [2.05, 4.69) is 4.98 Å². The van der Waals surface area contributed by atoms with Crippen LogP contribution in [0.1, 0.15) is 18.3 Å². The van der Waals surface area contributed by atoms with Gasteiger partial charge < -0.3 is 15.4 Å². The van der Waals surface area contributed by atoms with Crippen LogP contribution in [0.5, 0.6) is 0 Å². The van der Waals surface area contributed by atoms with Crippen LogP contribution in [0.15, 0.2) is 6.20 Å². The molecule has 13 heavy (non-hydrogen) atoms. The predicted octanol–water partition coefficient (Wildman–Crippen LogP) is 0.548. The molecule has 0 saturated carbocycles. The predicted molar refractivity (Wildman–Crippen MR) is 47.4 cm³/mol. The van der Waals surface area contributed by atoms with Gasteiger partial charge in [0, 0.05) is 7.05 Å². The number of hydrogen-bond acceptors (Lipinski definition) is 3. The zero-order chi connectivity index (χ0) is 10.0. The Bertz CT molecular complexity index is 324. The lowest BCUT2D eigenvalue weighted by molar-refractivity contribution is -0.137. The molecule has 0 fully saturated rings. The second kappa shape index (κ2) is 3.76. The van der Waals surface area contributed by atoms with E-state index in [-0.39, 0.29) is 6.42 Å². The van der Waals surface area contributed by atoms with E-state index >= 15 is 0 Å².